The van der Waals surface area contributed by atoms with Crippen LogP contribution < -0.4 is 18.9 Å². The Morgan fingerprint density at radius 1 is 1.25 bits per heavy atom. The van der Waals surface area contributed by atoms with E-state index in [4.69, 9.17) is 0 Å². The van der Waals surface area contributed by atoms with Crippen molar-refractivity contribution in [2.24, 2.45) is 0 Å². The molecule has 0 bridgehead atoms. The molecule has 4 heteroatoms. The molecule has 16 heavy (non-hydrogen) atoms. The van der Waals surface area contributed by atoms with Gasteiger partial charge in [0.25, 0.3) is 0 Å². The van der Waals surface area contributed by atoms with Gasteiger partial charge in [-0.25, -0.2) is 0 Å². The third-order valence-electron chi connectivity index (χ3n) is 1.99. The quantitative estimate of drug-likeness (QED) is 0.404. The minimum absolute atomic E-state index is 0. The van der Waals surface area contributed by atoms with Gasteiger partial charge < -0.3 is 5.41 Å². The fraction of sp³-hybridized carbons (Fsp3) is 0.333. The predicted molar refractivity (Wildman–Crippen MR) is 61.0 cm³/mol. The molecule has 0 amide bonds. The molecule has 0 saturated heterocycles. The molecule has 82 valence electrons. The van der Waals surface area contributed by atoms with Gasteiger partial charge in [0.15, 0.2) is 0 Å². The van der Waals surface area contributed by atoms with Crippen LogP contribution in [0.1, 0.15) is 26.2 Å². The van der Waals surface area contributed by atoms with Crippen molar-refractivity contribution in [1.82, 2.24) is 0 Å². The molecule has 2 nitrogen and oxygen atoms in total. The third-order valence-corrected chi connectivity index (χ3v) is 3.36. The Balaban J connectivity index is 0.00000225. The van der Waals surface area contributed by atoms with Gasteiger partial charge in [-0.1, -0.05) is 44.4 Å². The number of unbranched alkanes of at least 4 members (excludes halogenated alkanes) is 2. The Morgan fingerprint density at radius 3 is 2.44 bits per heavy atom. The van der Waals surface area contributed by atoms with Crippen molar-refractivity contribution in [2.45, 2.75) is 31.1 Å². The molecule has 0 unspecified atom stereocenters. The molecule has 0 fully saturated rings. The normalized spacial score (nSPS) is 11.3. The van der Waals surface area contributed by atoms with Gasteiger partial charge in [-0.3, -0.25) is 14.5 Å². The minimum Gasteiger partial charge on any atom is -0.363 e. The second kappa shape index (κ2) is 7.73. The summed E-state index contributed by atoms with van der Waals surface area (Å²) in [7, 11) is -3.35. The maximum atomic E-state index is 11.7. The summed E-state index contributed by atoms with van der Waals surface area (Å²) in [6.07, 6.45) is 4.43. The molecule has 1 aromatic rings. The summed E-state index contributed by atoms with van der Waals surface area (Å²) in [5.74, 6) is 0. The van der Waals surface area contributed by atoms with Gasteiger partial charge in [0.2, 0.25) is 0 Å². The van der Waals surface area contributed by atoms with E-state index in [-0.39, 0.29) is 18.9 Å². The van der Waals surface area contributed by atoms with Crippen molar-refractivity contribution < 1.29 is 27.3 Å². The molecule has 0 aliphatic carbocycles. The Morgan fingerprint density at radius 2 is 1.88 bits per heavy atom. The Labute approximate surface area is 110 Å². The van der Waals surface area contributed by atoms with Crippen LogP contribution in [0, 0.1) is 5.41 Å². The van der Waals surface area contributed by atoms with Crippen LogP contribution in [0.4, 0.5) is 0 Å². The number of benzene rings is 1. The van der Waals surface area contributed by atoms with Gasteiger partial charge in [-0.15, -0.1) is 0 Å². The van der Waals surface area contributed by atoms with Crippen molar-refractivity contribution in [3.63, 3.8) is 0 Å². The second-order valence-electron chi connectivity index (χ2n) is 3.28. The van der Waals surface area contributed by atoms with E-state index in [0.717, 1.165) is 19.3 Å². The summed E-state index contributed by atoms with van der Waals surface area (Å²) in [5.41, 5.74) is 0. The second-order valence-corrected chi connectivity index (χ2v) is 4.99. The standard InChI is InChI=1S/C12H15O2S.Li/c1-2-3-4-8-11-15(13,14)12-9-6-5-7-10-12;/h5-10H,2-4H2,1H3;/q-1;+1. The van der Waals surface area contributed by atoms with Crippen molar-refractivity contribution >= 4 is 9.84 Å². The summed E-state index contributed by atoms with van der Waals surface area (Å²) in [5, 5.41) is 2.46. The first kappa shape index (κ1) is 15.5. The Bertz CT molecular complexity index is 410. The van der Waals surface area contributed by atoms with Crippen LogP contribution in [0.15, 0.2) is 41.3 Å². The van der Waals surface area contributed by atoms with Crippen molar-refractivity contribution in [1.29, 1.82) is 0 Å². The van der Waals surface area contributed by atoms with E-state index >= 15 is 0 Å². The molecule has 0 radical (unpaired) electrons. The van der Waals surface area contributed by atoms with E-state index in [1.807, 2.05) is 0 Å². The van der Waals surface area contributed by atoms with Crippen LogP contribution in [0.5, 0.6) is 0 Å². The summed E-state index contributed by atoms with van der Waals surface area (Å²) in [6, 6.07) is 8.37. The molecule has 0 aliphatic heterocycles. The van der Waals surface area contributed by atoms with Crippen LogP contribution in [0.25, 0.3) is 0 Å². The fourth-order valence-corrected chi connectivity index (χ4v) is 2.13. The summed E-state index contributed by atoms with van der Waals surface area (Å²) in [4.78, 5) is 0.303. The van der Waals surface area contributed by atoms with E-state index in [1.165, 1.54) is 0 Å². The zero-order valence-electron chi connectivity index (χ0n) is 9.81. The number of rotatable bonds is 5. The van der Waals surface area contributed by atoms with E-state index < -0.39 is 9.84 Å². The van der Waals surface area contributed by atoms with Crippen LogP contribution in [-0.2, 0) is 9.84 Å². The van der Waals surface area contributed by atoms with Crippen LogP contribution in [-0.4, -0.2) is 8.42 Å². The minimum atomic E-state index is -3.35. The molecule has 1 aromatic carbocycles. The van der Waals surface area contributed by atoms with Crippen LogP contribution in [0.2, 0.25) is 0 Å². The van der Waals surface area contributed by atoms with Gasteiger partial charge in [0, 0.05) is 14.7 Å². The van der Waals surface area contributed by atoms with E-state index in [9.17, 15) is 8.42 Å². The fourth-order valence-electron chi connectivity index (χ4n) is 1.14. The predicted octanol–water partition coefficient (Wildman–Crippen LogP) is -0.0286. The van der Waals surface area contributed by atoms with Crippen LogP contribution in [0.3, 0.4) is 0 Å². The first-order valence-corrected chi connectivity index (χ1v) is 6.54. The summed E-state index contributed by atoms with van der Waals surface area (Å²) >= 11 is 0. The topological polar surface area (TPSA) is 34.1 Å². The van der Waals surface area contributed by atoms with E-state index in [2.05, 4.69) is 12.3 Å². The van der Waals surface area contributed by atoms with Gasteiger partial charge >= 0.3 is 18.9 Å². The molecule has 1 rings (SSSR count). The van der Waals surface area contributed by atoms with Crippen LogP contribution >= 0.6 is 0 Å². The van der Waals surface area contributed by atoms with Crippen molar-refractivity contribution in [2.75, 3.05) is 0 Å². The first-order chi connectivity index (χ1) is 7.17. The number of allylic oxidation sites excluding steroid dienone is 1. The summed E-state index contributed by atoms with van der Waals surface area (Å²) < 4.78 is 23.3. The third kappa shape index (κ3) is 5.02. The number of sulfone groups is 1. The molecule has 0 saturated carbocycles. The monoisotopic (exact) mass is 230 g/mol. The van der Waals surface area contributed by atoms with Gasteiger partial charge in [-0.2, -0.15) is 0 Å². The average molecular weight is 230 g/mol. The van der Waals surface area contributed by atoms with Crippen molar-refractivity contribution in [3.8, 4) is 0 Å². The van der Waals surface area contributed by atoms with Gasteiger partial charge in [0.1, 0.15) is 0 Å². The van der Waals surface area contributed by atoms with E-state index in [1.54, 1.807) is 36.4 Å². The first-order valence-electron chi connectivity index (χ1n) is 5.06. The Hall–Kier alpha value is -0.493. The molecule has 0 atom stereocenters. The largest absolute Gasteiger partial charge is 1.00 e. The maximum absolute atomic E-state index is 11.7. The average Bonchev–Trinajstić information content (AvgIpc) is 2.26. The zero-order chi connectivity index (χ0) is 11.1. The zero-order valence-corrected chi connectivity index (χ0v) is 10.6. The van der Waals surface area contributed by atoms with E-state index in [0.29, 0.717) is 4.90 Å². The maximum Gasteiger partial charge on any atom is 1.00 e. The van der Waals surface area contributed by atoms with Crippen molar-refractivity contribution in [3.05, 3.63) is 41.8 Å². The summed E-state index contributed by atoms with van der Waals surface area (Å²) in [6.45, 7) is 2.07. The number of hydrogen-bond donors (Lipinski definition) is 0. The molecule has 0 heterocycles. The molecular weight excluding hydrogens is 215 g/mol. The SMILES string of the molecule is CCCCC=[C-]S(=O)(=O)c1ccccc1.[Li+]. The number of hydrogen-bond acceptors (Lipinski definition) is 2. The Kier molecular flexibility index (Phi) is 7.49. The molecule has 0 N–H and O–H groups in total. The molecule has 0 aromatic heterocycles. The molecule has 0 aliphatic rings. The van der Waals surface area contributed by atoms with Gasteiger partial charge in [-0.05, 0) is 12.1 Å². The van der Waals surface area contributed by atoms with Gasteiger partial charge in [0.05, 0.1) is 0 Å². The smallest absolute Gasteiger partial charge is 0.363 e. The molecule has 0 spiro atoms. The molecular formula is C12H15LiO2S.